The fourth-order valence-electron chi connectivity index (χ4n) is 2.03. The van der Waals surface area contributed by atoms with E-state index in [1.54, 1.807) is 48.5 Å². The van der Waals surface area contributed by atoms with Crippen molar-refractivity contribution in [3.05, 3.63) is 64.8 Å². The van der Waals surface area contributed by atoms with Gasteiger partial charge in [0.15, 0.2) is 0 Å². The molecular formula is C16H9BrF3NO. The van der Waals surface area contributed by atoms with Crippen molar-refractivity contribution in [3.63, 3.8) is 0 Å². The van der Waals surface area contributed by atoms with Gasteiger partial charge in [0.2, 0.25) is 0 Å². The van der Waals surface area contributed by atoms with Crippen molar-refractivity contribution in [1.29, 1.82) is 0 Å². The van der Waals surface area contributed by atoms with Gasteiger partial charge in [0.05, 0.1) is 5.52 Å². The third-order valence-corrected chi connectivity index (χ3v) is 3.65. The first-order chi connectivity index (χ1) is 10.4. The van der Waals surface area contributed by atoms with E-state index in [0.29, 0.717) is 15.6 Å². The minimum absolute atomic E-state index is 0.116. The molecule has 0 amide bonds. The van der Waals surface area contributed by atoms with Crippen molar-refractivity contribution >= 4 is 26.8 Å². The maximum absolute atomic E-state index is 13.0. The largest absolute Gasteiger partial charge is 0.457 e. The highest BCUT2D eigenvalue weighted by molar-refractivity contribution is 9.10. The molecule has 112 valence electrons. The lowest BCUT2D eigenvalue weighted by Gasteiger charge is -2.13. The van der Waals surface area contributed by atoms with E-state index in [1.165, 1.54) is 0 Å². The van der Waals surface area contributed by atoms with E-state index < -0.39 is 11.9 Å². The number of rotatable bonds is 2. The maximum Gasteiger partial charge on any atom is 0.433 e. The molecule has 0 aliphatic carbocycles. The summed E-state index contributed by atoms with van der Waals surface area (Å²) >= 11 is 3.23. The molecule has 1 heterocycles. The third-order valence-electron chi connectivity index (χ3n) is 3.01. The number of hydrogen-bond donors (Lipinski definition) is 0. The van der Waals surface area contributed by atoms with Gasteiger partial charge in [0.25, 0.3) is 0 Å². The molecule has 3 aromatic rings. The first-order valence-corrected chi connectivity index (χ1v) is 7.14. The minimum atomic E-state index is -4.54. The van der Waals surface area contributed by atoms with E-state index in [0.717, 1.165) is 6.07 Å². The van der Waals surface area contributed by atoms with Crippen LogP contribution in [0.1, 0.15) is 5.69 Å². The molecule has 0 saturated heterocycles. The summed E-state index contributed by atoms with van der Waals surface area (Å²) in [5.41, 5.74) is -0.777. The molecule has 3 rings (SSSR count). The van der Waals surface area contributed by atoms with Gasteiger partial charge in [-0.05, 0) is 40.2 Å². The van der Waals surface area contributed by atoms with Gasteiger partial charge in [-0.3, -0.25) is 0 Å². The van der Waals surface area contributed by atoms with Crippen molar-refractivity contribution in [3.8, 4) is 11.5 Å². The lowest BCUT2D eigenvalue weighted by Crippen LogP contribution is -2.08. The Hall–Kier alpha value is -2.08. The summed E-state index contributed by atoms with van der Waals surface area (Å²) in [6, 6.07) is 14.6. The highest BCUT2D eigenvalue weighted by Gasteiger charge is 2.34. The number of pyridine rings is 1. The molecule has 0 unspecified atom stereocenters. The summed E-state index contributed by atoms with van der Waals surface area (Å²) in [4.78, 5) is 3.70. The topological polar surface area (TPSA) is 22.1 Å². The van der Waals surface area contributed by atoms with Gasteiger partial charge in [-0.1, -0.05) is 24.3 Å². The molecular weight excluding hydrogens is 359 g/mol. The number of halogens is 4. The van der Waals surface area contributed by atoms with Crippen molar-refractivity contribution < 1.29 is 17.9 Å². The second-order valence-electron chi connectivity index (χ2n) is 4.55. The SMILES string of the molecule is FC(F)(F)c1cc(Oc2ccccc2)c2cccc(Br)c2n1. The second kappa shape index (κ2) is 5.61. The lowest BCUT2D eigenvalue weighted by molar-refractivity contribution is -0.141. The number of fused-ring (bicyclic) bond motifs is 1. The zero-order valence-corrected chi connectivity index (χ0v) is 12.6. The van der Waals surface area contributed by atoms with Crippen molar-refractivity contribution in [1.82, 2.24) is 4.98 Å². The zero-order chi connectivity index (χ0) is 15.7. The van der Waals surface area contributed by atoms with Crippen LogP contribution in [0.15, 0.2) is 59.1 Å². The average molecular weight is 368 g/mol. The Bertz CT molecular complexity index is 819. The third kappa shape index (κ3) is 2.92. The van der Waals surface area contributed by atoms with E-state index in [1.807, 2.05) is 0 Å². The van der Waals surface area contributed by atoms with Gasteiger partial charge >= 0.3 is 6.18 Å². The number of hydrogen-bond acceptors (Lipinski definition) is 2. The number of ether oxygens (including phenoxy) is 1. The van der Waals surface area contributed by atoms with E-state index in [4.69, 9.17) is 4.74 Å². The van der Waals surface area contributed by atoms with Gasteiger partial charge in [0, 0.05) is 15.9 Å². The standard InChI is InChI=1S/C16H9BrF3NO/c17-12-8-4-7-11-13(22-10-5-2-1-3-6-10)9-14(16(18,19)20)21-15(11)12/h1-9H. The molecule has 0 aliphatic heterocycles. The van der Waals surface area contributed by atoms with Gasteiger partial charge in [-0.15, -0.1) is 0 Å². The van der Waals surface area contributed by atoms with E-state index >= 15 is 0 Å². The maximum atomic E-state index is 13.0. The second-order valence-corrected chi connectivity index (χ2v) is 5.41. The Balaban J connectivity index is 2.21. The predicted octanol–water partition coefficient (Wildman–Crippen LogP) is 5.81. The van der Waals surface area contributed by atoms with Gasteiger partial charge in [-0.25, -0.2) is 4.98 Å². The quantitative estimate of drug-likeness (QED) is 0.570. The van der Waals surface area contributed by atoms with Gasteiger partial charge in [-0.2, -0.15) is 13.2 Å². The monoisotopic (exact) mass is 367 g/mol. The summed E-state index contributed by atoms with van der Waals surface area (Å²) in [6.07, 6.45) is -4.54. The summed E-state index contributed by atoms with van der Waals surface area (Å²) < 4.78 is 45.2. The number of para-hydroxylation sites is 2. The smallest absolute Gasteiger partial charge is 0.433 e. The van der Waals surface area contributed by atoms with Crippen LogP contribution in [0, 0.1) is 0 Å². The number of nitrogens with zero attached hydrogens (tertiary/aromatic N) is 1. The molecule has 0 bridgehead atoms. The van der Waals surface area contributed by atoms with E-state index in [9.17, 15) is 13.2 Å². The van der Waals surface area contributed by atoms with Crippen molar-refractivity contribution in [2.45, 2.75) is 6.18 Å². The van der Waals surface area contributed by atoms with Crippen LogP contribution >= 0.6 is 15.9 Å². The average Bonchev–Trinajstić information content (AvgIpc) is 2.48. The fourth-order valence-corrected chi connectivity index (χ4v) is 2.48. The van der Waals surface area contributed by atoms with Crippen LogP contribution in [0.2, 0.25) is 0 Å². The van der Waals surface area contributed by atoms with Gasteiger partial charge < -0.3 is 4.74 Å². The van der Waals surface area contributed by atoms with Crippen LogP contribution in [-0.4, -0.2) is 4.98 Å². The molecule has 1 aromatic heterocycles. The van der Waals surface area contributed by atoms with Crippen LogP contribution in [0.5, 0.6) is 11.5 Å². The predicted molar refractivity (Wildman–Crippen MR) is 81.0 cm³/mol. The molecule has 0 atom stereocenters. The van der Waals surface area contributed by atoms with Crippen molar-refractivity contribution in [2.75, 3.05) is 0 Å². The Labute approximate surface area is 132 Å². The van der Waals surface area contributed by atoms with Gasteiger partial charge in [0.1, 0.15) is 17.2 Å². The highest BCUT2D eigenvalue weighted by Crippen LogP contribution is 2.37. The molecule has 0 N–H and O–H groups in total. The lowest BCUT2D eigenvalue weighted by atomic mass is 10.1. The Morgan fingerprint density at radius 1 is 0.955 bits per heavy atom. The number of aromatic nitrogens is 1. The number of alkyl halides is 3. The molecule has 0 spiro atoms. The molecule has 2 nitrogen and oxygen atoms in total. The van der Waals surface area contributed by atoms with Crippen LogP contribution in [0.25, 0.3) is 10.9 Å². The molecule has 22 heavy (non-hydrogen) atoms. The normalized spacial score (nSPS) is 11.6. The molecule has 0 fully saturated rings. The molecule has 6 heteroatoms. The first kappa shape index (κ1) is 14.8. The van der Waals surface area contributed by atoms with Crippen LogP contribution < -0.4 is 4.74 Å². The molecule has 0 radical (unpaired) electrons. The Kier molecular flexibility index (Phi) is 3.78. The van der Waals surface area contributed by atoms with E-state index in [-0.39, 0.29) is 11.3 Å². The summed E-state index contributed by atoms with van der Waals surface area (Å²) in [5.74, 6) is 0.577. The van der Waals surface area contributed by atoms with Crippen LogP contribution in [0.4, 0.5) is 13.2 Å². The highest BCUT2D eigenvalue weighted by atomic mass is 79.9. The molecule has 0 aliphatic rings. The first-order valence-electron chi connectivity index (χ1n) is 6.34. The van der Waals surface area contributed by atoms with Crippen LogP contribution in [-0.2, 0) is 6.18 Å². The minimum Gasteiger partial charge on any atom is -0.457 e. The fraction of sp³-hybridized carbons (Fsp3) is 0.0625. The van der Waals surface area contributed by atoms with Crippen molar-refractivity contribution in [2.24, 2.45) is 0 Å². The summed E-state index contributed by atoms with van der Waals surface area (Å²) in [7, 11) is 0. The van der Waals surface area contributed by atoms with Crippen LogP contribution in [0.3, 0.4) is 0 Å². The van der Waals surface area contributed by atoms with E-state index in [2.05, 4.69) is 20.9 Å². The summed E-state index contributed by atoms with van der Waals surface area (Å²) in [6.45, 7) is 0. The Morgan fingerprint density at radius 2 is 1.68 bits per heavy atom. The Morgan fingerprint density at radius 3 is 2.36 bits per heavy atom. The molecule has 2 aromatic carbocycles. The molecule has 0 saturated carbocycles. The summed E-state index contributed by atoms with van der Waals surface area (Å²) in [5, 5.41) is 0.506. The zero-order valence-electron chi connectivity index (χ0n) is 11.1. The number of benzene rings is 2.